The predicted molar refractivity (Wildman–Crippen MR) is 52.5 cm³/mol. The highest BCUT2D eigenvalue weighted by Gasteiger charge is 2.23. The van der Waals surface area contributed by atoms with E-state index in [0.29, 0.717) is 31.8 Å². The Morgan fingerprint density at radius 2 is 2.60 bits per heavy atom. The largest absolute Gasteiger partial charge is 0.460 e. The Labute approximate surface area is 87.7 Å². The second-order valence-corrected chi connectivity index (χ2v) is 3.59. The Hall–Kier alpha value is -1.36. The molecule has 0 bridgehead atoms. The van der Waals surface area contributed by atoms with Crippen LogP contribution in [0.15, 0.2) is 6.20 Å². The maximum absolute atomic E-state index is 11.5. The van der Waals surface area contributed by atoms with Gasteiger partial charge in [-0.15, -0.1) is 0 Å². The molecule has 0 fully saturated rings. The first-order valence-corrected chi connectivity index (χ1v) is 5.12. The fourth-order valence-electron chi connectivity index (χ4n) is 1.80. The van der Waals surface area contributed by atoms with Crippen molar-refractivity contribution >= 4 is 5.97 Å². The summed E-state index contributed by atoms with van der Waals surface area (Å²) >= 11 is 0. The molecule has 0 radical (unpaired) electrons. The van der Waals surface area contributed by atoms with Gasteiger partial charge in [-0.05, 0) is 13.3 Å². The first kappa shape index (κ1) is 10.2. The van der Waals surface area contributed by atoms with E-state index in [2.05, 4.69) is 4.98 Å². The number of nitrogens with zero attached hydrogens (tertiary/aromatic N) is 2. The molecule has 1 aromatic heterocycles. The van der Waals surface area contributed by atoms with Gasteiger partial charge in [-0.1, -0.05) is 0 Å². The van der Waals surface area contributed by atoms with Gasteiger partial charge in [0.05, 0.1) is 12.7 Å². The first-order valence-electron chi connectivity index (χ1n) is 5.12. The molecule has 0 amide bonds. The van der Waals surface area contributed by atoms with Crippen LogP contribution < -0.4 is 0 Å². The molecule has 0 saturated carbocycles. The van der Waals surface area contributed by atoms with E-state index in [1.807, 2.05) is 4.57 Å². The zero-order valence-corrected chi connectivity index (χ0v) is 8.64. The Balaban J connectivity index is 2.24. The summed E-state index contributed by atoms with van der Waals surface area (Å²) in [6.07, 6.45) is 2.54. The number of carbonyl (C=O) groups excluding carboxylic acids is 1. The molecule has 1 unspecified atom stereocenters. The molecule has 5 nitrogen and oxygen atoms in total. The van der Waals surface area contributed by atoms with Crippen LogP contribution in [-0.2, 0) is 17.7 Å². The molecule has 0 spiro atoms. The molecule has 5 heteroatoms. The van der Waals surface area contributed by atoms with Gasteiger partial charge in [0, 0.05) is 24.9 Å². The van der Waals surface area contributed by atoms with Crippen LogP contribution in [0.3, 0.4) is 0 Å². The van der Waals surface area contributed by atoms with E-state index >= 15 is 0 Å². The fourth-order valence-corrected chi connectivity index (χ4v) is 1.80. The van der Waals surface area contributed by atoms with E-state index in [4.69, 9.17) is 4.74 Å². The predicted octanol–water partition coefficient (Wildman–Crippen LogP) is 0.367. The highest BCUT2D eigenvalue weighted by Crippen LogP contribution is 2.17. The molecule has 1 aliphatic heterocycles. The van der Waals surface area contributed by atoms with Gasteiger partial charge in [-0.2, -0.15) is 0 Å². The lowest BCUT2D eigenvalue weighted by Gasteiger charge is -2.20. The van der Waals surface area contributed by atoms with Crippen molar-refractivity contribution in [3.05, 3.63) is 17.7 Å². The summed E-state index contributed by atoms with van der Waals surface area (Å²) in [5, 5.41) is 9.45. The minimum absolute atomic E-state index is 0.316. The van der Waals surface area contributed by atoms with Gasteiger partial charge in [0.2, 0.25) is 5.82 Å². The van der Waals surface area contributed by atoms with Gasteiger partial charge < -0.3 is 14.4 Å². The van der Waals surface area contributed by atoms with Gasteiger partial charge in [0.25, 0.3) is 0 Å². The maximum Gasteiger partial charge on any atom is 0.374 e. The van der Waals surface area contributed by atoms with Gasteiger partial charge in [0.1, 0.15) is 0 Å². The van der Waals surface area contributed by atoms with Crippen LogP contribution in [0.25, 0.3) is 0 Å². The van der Waals surface area contributed by atoms with Crippen molar-refractivity contribution < 1.29 is 14.6 Å². The number of aliphatic hydroxyl groups excluding tert-OH is 1. The number of carbonyl (C=O) groups is 1. The second-order valence-electron chi connectivity index (χ2n) is 3.59. The summed E-state index contributed by atoms with van der Waals surface area (Å²) in [6.45, 7) is 2.75. The number of aromatic nitrogens is 2. The van der Waals surface area contributed by atoms with Gasteiger partial charge in [0.15, 0.2) is 0 Å². The van der Waals surface area contributed by atoms with Gasteiger partial charge >= 0.3 is 5.97 Å². The van der Waals surface area contributed by atoms with Crippen molar-refractivity contribution in [2.24, 2.45) is 0 Å². The van der Waals surface area contributed by atoms with Crippen molar-refractivity contribution in [1.29, 1.82) is 0 Å². The van der Waals surface area contributed by atoms with E-state index in [0.717, 1.165) is 5.69 Å². The smallest absolute Gasteiger partial charge is 0.374 e. The molecule has 1 atom stereocenters. The second kappa shape index (κ2) is 4.02. The molecule has 82 valence electrons. The van der Waals surface area contributed by atoms with Crippen molar-refractivity contribution in [1.82, 2.24) is 9.55 Å². The average Bonchev–Trinajstić information content (AvgIpc) is 2.60. The van der Waals surface area contributed by atoms with Gasteiger partial charge in [-0.3, -0.25) is 0 Å². The summed E-state index contributed by atoms with van der Waals surface area (Å²) in [5.74, 6) is -0.0427. The SMILES string of the molecule is CCOC(=O)c1ncc2n1CCC(O)C2. The molecular weight excluding hydrogens is 196 g/mol. The van der Waals surface area contributed by atoms with E-state index in [9.17, 15) is 9.90 Å². The van der Waals surface area contributed by atoms with Gasteiger partial charge in [-0.25, -0.2) is 9.78 Å². The molecule has 1 aromatic rings. The lowest BCUT2D eigenvalue weighted by molar-refractivity contribution is 0.0500. The Morgan fingerprint density at radius 1 is 1.80 bits per heavy atom. The van der Waals surface area contributed by atoms with E-state index in [1.165, 1.54) is 0 Å². The van der Waals surface area contributed by atoms with Crippen molar-refractivity contribution in [2.45, 2.75) is 32.4 Å². The summed E-state index contributed by atoms with van der Waals surface area (Å²) < 4.78 is 6.72. The van der Waals surface area contributed by atoms with Crippen LogP contribution in [0.2, 0.25) is 0 Å². The number of rotatable bonds is 2. The van der Waals surface area contributed by atoms with E-state index < -0.39 is 0 Å². The third-order valence-corrected chi connectivity index (χ3v) is 2.53. The number of hydrogen-bond acceptors (Lipinski definition) is 4. The van der Waals surface area contributed by atoms with Crippen LogP contribution in [0.5, 0.6) is 0 Å². The third kappa shape index (κ3) is 1.87. The highest BCUT2D eigenvalue weighted by atomic mass is 16.5. The highest BCUT2D eigenvalue weighted by molar-refractivity contribution is 5.85. The molecular formula is C10H14N2O3. The molecule has 2 rings (SSSR count). The lowest BCUT2D eigenvalue weighted by Crippen LogP contribution is -2.25. The van der Waals surface area contributed by atoms with E-state index in [-0.39, 0.29) is 12.1 Å². The molecule has 0 saturated heterocycles. The molecule has 1 N–H and O–H groups in total. The number of ether oxygens (including phenoxy) is 1. The minimum Gasteiger partial charge on any atom is -0.460 e. The van der Waals surface area contributed by atoms with Crippen molar-refractivity contribution in [3.8, 4) is 0 Å². The van der Waals surface area contributed by atoms with Crippen LogP contribution in [0.4, 0.5) is 0 Å². The molecule has 0 aromatic carbocycles. The lowest BCUT2D eigenvalue weighted by atomic mass is 10.1. The van der Waals surface area contributed by atoms with Crippen molar-refractivity contribution in [2.75, 3.05) is 6.61 Å². The van der Waals surface area contributed by atoms with Crippen LogP contribution in [0, 0.1) is 0 Å². The molecule has 2 heterocycles. The third-order valence-electron chi connectivity index (χ3n) is 2.53. The Morgan fingerprint density at radius 3 is 3.33 bits per heavy atom. The zero-order chi connectivity index (χ0) is 10.8. The maximum atomic E-state index is 11.5. The normalized spacial score (nSPS) is 19.7. The quantitative estimate of drug-likeness (QED) is 0.716. The summed E-state index contributed by atoms with van der Waals surface area (Å²) in [4.78, 5) is 15.5. The summed E-state index contributed by atoms with van der Waals surface area (Å²) in [6, 6.07) is 0. The number of esters is 1. The molecule has 0 aliphatic carbocycles. The zero-order valence-electron chi connectivity index (χ0n) is 8.64. The summed E-state index contributed by atoms with van der Waals surface area (Å²) in [7, 11) is 0. The topological polar surface area (TPSA) is 64.3 Å². The Kier molecular flexibility index (Phi) is 2.73. The molecule has 15 heavy (non-hydrogen) atoms. The average molecular weight is 210 g/mol. The van der Waals surface area contributed by atoms with Crippen LogP contribution in [0.1, 0.15) is 29.7 Å². The van der Waals surface area contributed by atoms with Crippen LogP contribution in [-0.4, -0.2) is 33.3 Å². The number of imidazole rings is 1. The first-order chi connectivity index (χ1) is 7.22. The minimum atomic E-state index is -0.389. The van der Waals surface area contributed by atoms with E-state index in [1.54, 1.807) is 13.1 Å². The summed E-state index contributed by atoms with van der Waals surface area (Å²) in [5.41, 5.74) is 0.900. The fraction of sp³-hybridized carbons (Fsp3) is 0.600. The van der Waals surface area contributed by atoms with Crippen molar-refractivity contribution in [3.63, 3.8) is 0 Å². The van der Waals surface area contributed by atoms with Crippen LogP contribution >= 0.6 is 0 Å². The standard InChI is InChI=1S/C10H14N2O3/c1-2-15-10(14)9-11-6-7-5-8(13)3-4-12(7)9/h6,8,13H,2-5H2,1H3. The number of aliphatic hydroxyl groups is 1. The number of hydrogen-bond donors (Lipinski definition) is 1. The molecule has 1 aliphatic rings. The Bertz CT molecular complexity index is 373. The monoisotopic (exact) mass is 210 g/mol. The number of fused-ring (bicyclic) bond motifs is 1.